The quantitative estimate of drug-likeness (QED) is 0.656. The first-order chi connectivity index (χ1) is 14.5. The topological polar surface area (TPSA) is 54.3 Å². The molecule has 1 saturated heterocycles. The molecule has 0 saturated carbocycles. The van der Waals surface area contributed by atoms with E-state index in [4.69, 9.17) is 0 Å². The summed E-state index contributed by atoms with van der Waals surface area (Å²) in [5.41, 5.74) is 5.24. The van der Waals surface area contributed by atoms with Gasteiger partial charge in [-0.25, -0.2) is 4.68 Å². The summed E-state index contributed by atoms with van der Waals surface area (Å²) in [7, 11) is 0. The second-order valence-electron chi connectivity index (χ2n) is 7.95. The van der Waals surface area contributed by atoms with E-state index in [0.717, 1.165) is 48.8 Å². The molecule has 0 bridgehead atoms. The molecule has 2 aromatic heterocycles. The van der Waals surface area contributed by atoms with E-state index in [1.807, 2.05) is 66.0 Å². The molecule has 6 nitrogen and oxygen atoms in total. The van der Waals surface area contributed by atoms with Crippen molar-refractivity contribution in [1.82, 2.24) is 24.6 Å². The Hall–Kier alpha value is -2.99. The number of aryl methyl sites for hydroxylation is 1. The Morgan fingerprint density at radius 1 is 1.03 bits per heavy atom. The van der Waals surface area contributed by atoms with Gasteiger partial charge in [-0.3, -0.25) is 14.7 Å². The molecule has 1 amide bonds. The van der Waals surface area contributed by atoms with Crippen LogP contribution in [0.5, 0.6) is 0 Å². The second kappa shape index (κ2) is 8.79. The monoisotopic (exact) mass is 403 g/mol. The van der Waals surface area contributed by atoms with E-state index >= 15 is 0 Å². The number of hydrogen-bond acceptors (Lipinski definition) is 4. The molecular weight excluding hydrogens is 374 g/mol. The SMILES string of the molecule is Cc1nn(-c2ccccc2)c(C)c1CC(=O)N1CCN(C(C)c2cccnc2)CC1. The Labute approximate surface area is 178 Å². The minimum absolute atomic E-state index is 0.183. The number of amides is 1. The van der Waals surface area contributed by atoms with Crippen LogP contribution in [0.1, 0.15) is 35.5 Å². The molecule has 0 radical (unpaired) electrons. The van der Waals surface area contributed by atoms with Gasteiger partial charge in [-0.05, 0) is 44.5 Å². The number of benzene rings is 1. The lowest BCUT2D eigenvalue weighted by atomic mass is 10.1. The molecule has 1 fully saturated rings. The lowest BCUT2D eigenvalue weighted by Crippen LogP contribution is -2.49. The number of carbonyl (C=O) groups excluding carboxylic acids is 1. The highest BCUT2D eigenvalue weighted by molar-refractivity contribution is 5.79. The van der Waals surface area contributed by atoms with Gasteiger partial charge in [-0.15, -0.1) is 0 Å². The van der Waals surface area contributed by atoms with Gasteiger partial charge in [0, 0.05) is 55.9 Å². The summed E-state index contributed by atoms with van der Waals surface area (Å²) in [4.78, 5) is 21.7. The maximum atomic E-state index is 13.0. The highest BCUT2D eigenvalue weighted by atomic mass is 16.2. The van der Waals surface area contributed by atoms with Gasteiger partial charge >= 0.3 is 0 Å². The fourth-order valence-corrected chi connectivity index (χ4v) is 4.21. The van der Waals surface area contributed by atoms with Gasteiger partial charge in [0.05, 0.1) is 17.8 Å². The Balaban J connectivity index is 1.39. The van der Waals surface area contributed by atoms with Gasteiger partial charge in [-0.1, -0.05) is 24.3 Å². The van der Waals surface area contributed by atoms with Crippen molar-refractivity contribution in [3.05, 3.63) is 77.4 Å². The highest BCUT2D eigenvalue weighted by Crippen LogP contribution is 2.22. The van der Waals surface area contributed by atoms with Crippen LogP contribution in [0.25, 0.3) is 5.69 Å². The molecule has 1 aromatic carbocycles. The Morgan fingerprint density at radius 2 is 1.77 bits per heavy atom. The van der Waals surface area contributed by atoms with Crippen LogP contribution in [0.15, 0.2) is 54.9 Å². The summed E-state index contributed by atoms with van der Waals surface area (Å²) in [6, 6.07) is 14.5. The van der Waals surface area contributed by atoms with Gasteiger partial charge in [0.15, 0.2) is 0 Å². The van der Waals surface area contributed by atoms with Crippen LogP contribution < -0.4 is 0 Å². The van der Waals surface area contributed by atoms with E-state index in [2.05, 4.69) is 28.0 Å². The van der Waals surface area contributed by atoms with Crippen LogP contribution in [0.2, 0.25) is 0 Å². The zero-order chi connectivity index (χ0) is 21.1. The average molecular weight is 404 g/mol. The molecule has 3 aromatic rings. The third-order valence-electron chi connectivity index (χ3n) is 6.15. The molecule has 0 spiro atoms. The number of rotatable bonds is 5. The highest BCUT2D eigenvalue weighted by Gasteiger charge is 2.26. The van der Waals surface area contributed by atoms with E-state index in [1.165, 1.54) is 5.56 Å². The minimum atomic E-state index is 0.183. The molecular formula is C24H29N5O. The molecule has 0 aliphatic carbocycles. The Morgan fingerprint density at radius 3 is 2.43 bits per heavy atom. The predicted molar refractivity (Wildman–Crippen MR) is 118 cm³/mol. The Bertz CT molecular complexity index is 991. The summed E-state index contributed by atoms with van der Waals surface area (Å²) < 4.78 is 1.94. The molecule has 0 N–H and O–H groups in total. The van der Waals surface area contributed by atoms with E-state index in [9.17, 15) is 4.79 Å². The minimum Gasteiger partial charge on any atom is -0.340 e. The summed E-state index contributed by atoms with van der Waals surface area (Å²) in [5, 5.41) is 4.68. The molecule has 1 aliphatic heterocycles. The zero-order valence-electron chi connectivity index (χ0n) is 18.0. The fraction of sp³-hybridized carbons (Fsp3) is 0.375. The third-order valence-corrected chi connectivity index (χ3v) is 6.15. The van der Waals surface area contributed by atoms with E-state index in [0.29, 0.717) is 12.5 Å². The van der Waals surface area contributed by atoms with Gasteiger partial charge in [-0.2, -0.15) is 5.10 Å². The molecule has 3 heterocycles. The summed E-state index contributed by atoms with van der Waals surface area (Å²) >= 11 is 0. The third kappa shape index (κ3) is 4.14. The van der Waals surface area contributed by atoms with Crippen LogP contribution in [-0.2, 0) is 11.2 Å². The maximum Gasteiger partial charge on any atom is 0.227 e. The summed E-state index contributed by atoms with van der Waals surface area (Å²) in [6.45, 7) is 9.51. The first-order valence-electron chi connectivity index (χ1n) is 10.6. The maximum absolute atomic E-state index is 13.0. The normalized spacial score (nSPS) is 15.9. The number of carbonyl (C=O) groups is 1. The van der Waals surface area contributed by atoms with Crippen molar-refractivity contribution >= 4 is 5.91 Å². The first kappa shape index (κ1) is 20.3. The van der Waals surface area contributed by atoms with E-state index < -0.39 is 0 Å². The number of para-hydroxylation sites is 1. The number of hydrogen-bond donors (Lipinski definition) is 0. The van der Waals surface area contributed by atoms with Crippen molar-refractivity contribution in [3.63, 3.8) is 0 Å². The smallest absolute Gasteiger partial charge is 0.227 e. The lowest BCUT2D eigenvalue weighted by Gasteiger charge is -2.38. The van der Waals surface area contributed by atoms with Crippen LogP contribution in [0, 0.1) is 13.8 Å². The zero-order valence-corrected chi connectivity index (χ0v) is 18.0. The van der Waals surface area contributed by atoms with Gasteiger partial charge < -0.3 is 4.90 Å². The molecule has 1 atom stereocenters. The fourth-order valence-electron chi connectivity index (χ4n) is 4.21. The van der Waals surface area contributed by atoms with Crippen molar-refractivity contribution in [2.45, 2.75) is 33.2 Å². The largest absolute Gasteiger partial charge is 0.340 e. The van der Waals surface area contributed by atoms with Crippen LogP contribution in [0.4, 0.5) is 0 Å². The predicted octanol–water partition coefficient (Wildman–Crippen LogP) is 3.33. The lowest BCUT2D eigenvalue weighted by molar-refractivity contribution is -0.132. The first-order valence-corrected chi connectivity index (χ1v) is 10.6. The Kier molecular flexibility index (Phi) is 5.95. The number of pyridine rings is 1. The van der Waals surface area contributed by atoms with Crippen molar-refractivity contribution in [2.75, 3.05) is 26.2 Å². The van der Waals surface area contributed by atoms with Crippen LogP contribution in [-0.4, -0.2) is 56.7 Å². The average Bonchev–Trinajstić information content (AvgIpc) is 3.08. The van der Waals surface area contributed by atoms with Crippen molar-refractivity contribution in [3.8, 4) is 5.69 Å². The second-order valence-corrected chi connectivity index (χ2v) is 7.95. The summed E-state index contributed by atoms with van der Waals surface area (Å²) in [5.74, 6) is 0.183. The molecule has 156 valence electrons. The number of aromatic nitrogens is 3. The van der Waals surface area contributed by atoms with Gasteiger partial charge in [0.25, 0.3) is 0 Å². The van der Waals surface area contributed by atoms with Gasteiger partial charge in [0.1, 0.15) is 0 Å². The number of nitrogens with zero attached hydrogens (tertiary/aromatic N) is 5. The van der Waals surface area contributed by atoms with Crippen LogP contribution in [0.3, 0.4) is 0 Å². The molecule has 1 unspecified atom stereocenters. The van der Waals surface area contributed by atoms with E-state index in [1.54, 1.807) is 6.20 Å². The van der Waals surface area contributed by atoms with Crippen molar-refractivity contribution in [2.24, 2.45) is 0 Å². The van der Waals surface area contributed by atoms with Crippen molar-refractivity contribution < 1.29 is 4.79 Å². The molecule has 4 rings (SSSR count). The van der Waals surface area contributed by atoms with Crippen molar-refractivity contribution in [1.29, 1.82) is 0 Å². The molecule has 6 heteroatoms. The molecule has 1 aliphatic rings. The van der Waals surface area contributed by atoms with Crippen LogP contribution >= 0.6 is 0 Å². The summed E-state index contributed by atoms with van der Waals surface area (Å²) in [6.07, 6.45) is 4.14. The number of piperazine rings is 1. The van der Waals surface area contributed by atoms with Gasteiger partial charge in [0.2, 0.25) is 5.91 Å². The van der Waals surface area contributed by atoms with E-state index in [-0.39, 0.29) is 5.91 Å². The standard InChI is InChI=1S/C24H29N5O/c1-18-23(20(3)29(26-18)22-9-5-4-6-10-22)16-24(30)28-14-12-27(13-15-28)19(2)21-8-7-11-25-17-21/h4-11,17,19H,12-16H2,1-3H3. The molecule has 30 heavy (non-hydrogen) atoms.